The summed E-state index contributed by atoms with van der Waals surface area (Å²) in [5.41, 5.74) is 0.299. The van der Waals surface area contributed by atoms with Gasteiger partial charge in [-0.05, 0) is 26.7 Å². The summed E-state index contributed by atoms with van der Waals surface area (Å²) in [6.07, 6.45) is 4.81. The molecule has 0 radical (unpaired) electrons. The molecule has 1 heterocycles. The Bertz CT molecular complexity index is 447. The molecular weight excluding hydrogens is 274 g/mol. The average Bonchev–Trinajstić information content (AvgIpc) is 2.74. The molecule has 0 bridgehead atoms. The number of amides is 2. The third-order valence-corrected chi connectivity index (χ3v) is 4.91. The number of aryl methyl sites for hydroxylation is 2. The molecule has 1 saturated carbocycles. The van der Waals surface area contributed by atoms with Gasteiger partial charge in [0.1, 0.15) is 5.01 Å². The summed E-state index contributed by atoms with van der Waals surface area (Å²) >= 11 is 1.60. The fourth-order valence-corrected chi connectivity index (χ4v) is 3.34. The van der Waals surface area contributed by atoms with Gasteiger partial charge in [-0.25, -0.2) is 9.78 Å². The van der Waals surface area contributed by atoms with Crippen LogP contribution in [0.3, 0.4) is 0 Å². The molecular formula is C14H23N3O2S. The van der Waals surface area contributed by atoms with Gasteiger partial charge in [-0.3, -0.25) is 0 Å². The van der Waals surface area contributed by atoms with Gasteiger partial charge in [-0.2, -0.15) is 0 Å². The van der Waals surface area contributed by atoms with Crippen molar-refractivity contribution in [1.82, 2.24) is 15.6 Å². The van der Waals surface area contributed by atoms with Crippen LogP contribution in [0.25, 0.3) is 0 Å². The summed E-state index contributed by atoms with van der Waals surface area (Å²) in [4.78, 5) is 17.3. The van der Waals surface area contributed by atoms with E-state index in [1.54, 1.807) is 11.3 Å². The number of thiazole rings is 1. The van der Waals surface area contributed by atoms with Gasteiger partial charge in [0, 0.05) is 11.4 Å². The minimum atomic E-state index is -0.718. The molecule has 20 heavy (non-hydrogen) atoms. The van der Waals surface area contributed by atoms with Crippen molar-refractivity contribution in [1.29, 1.82) is 0 Å². The highest BCUT2D eigenvalue weighted by molar-refractivity contribution is 7.11. The van der Waals surface area contributed by atoms with Crippen LogP contribution in [0.4, 0.5) is 4.79 Å². The second kappa shape index (κ2) is 6.54. The molecule has 1 aromatic rings. The molecule has 2 amide bonds. The molecule has 1 aromatic heterocycles. The predicted octanol–water partition coefficient (Wildman–Crippen LogP) is 2.25. The topological polar surface area (TPSA) is 74.2 Å². The maximum absolute atomic E-state index is 11.7. The van der Waals surface area contributed by atoms with E-state index >= 15 is 0 Å². The Hall–Kier alpha value is -1.14. The zero-order valence-corrected chi connectivity index (χ0v) is 13.0. The standard InChI is InChI=1S/C14H23N3O2S/c1-10-11(2)20-12(17-10)8-15-13(18)16-9-14(19)6-4-3-5-7-14/h19H,3-9H2,1-2H3,(H2,15,16,18). The van der Waals surface area contributed by atoms with Gasteiger partial charge in [0.2, 0.25) is 0 Å². The fourth-order valence-electron chi connectivity index (χ4n) is 2.46. The van der Waals surface area contributed by atoms with E-state index in [1.807, 2.05) is 13.8 Å². The summed E-state index contributed by atoms with van der Waals surface area (Å²) in [5.74, 6) is 0. The number of carbonyl (C=O) groups is 1. The fraction of sp³-hybridized carbons (Fsp3) is 0.714. The smallest absolute Gasteiger partial charge is 0.315 e. The van der Waals surface area contributed by atoms with Gasteiger partial charge in [0.05, 0.1) is 17.8 Å². The van der Waals surface area contributed by atoms with Crippen molar-refractivity contribution in [3.8, 4) is 0 Å². The quantitative estimate of drug-likeness (QED) is 0.798. The van der Waals surface area contributed by atoms with Crippen molar-refractivity contribution < 1.29 is 9.90 Å². The number of nitrogens with zero attached hydrogens (tertiary/aromatic N) is 1. The van der Waals surface area contributed by atoms with E-state index in [4.69, 9.17) is 0 Å². The number of rotatable bonds is 4. The van der Waals surface area contributed by atoms with Crippen molar-refractivity contribution in [3.63, 3.8) is 0 Å². The van der Waals surface area contributed by atoms with Crippen molar-refractivity contribution in [3.05, 3.63) is 15.6 Å². The summed E-state index contributed by atoms with van der Waals surface area (Å²) < 4.78 is 0. The molecule has 0 atom stereocenters. The van der Waals surface area contributed by atoms with E-state index in [0.717, 1.165) is 36.4 Å². The molecule has 2 rings (SSSR count). The number of urea groups is 1. The van der Waals surface area contributed by atoms with Crippen molar-refractivity contribution in [2.45, 2.75) is 58.1 Å². The zero-order chi connectivity index (χ0) is 14.6. The van der Waals surface area contributed by atoms with Gasteiger partial charge >= 0.3 is 6.03 Å². The number of hydrogen-bond acceptors (Lipinski definition) is 4. The van der Waals surface area contributed by atoms with E-state index < -0.39 is 5.60 Å². The maximum Gasteiger partial charge on any atom is 0.315 e. The zero-order valence-electron chi connectivity index (χ0n) is 12.2. The van der Waals surface area contributed by atoms with Gasteiger partial charge in [0.15, 0.2) is 0 Å². The second-order valence-electron chi connectivity index (χ2n) is 5.57. The molecule has 0 aromatic carbocycles. The Kier molecular flexibility index (Phi) is 4.99. The van der Waals surface area contributed by atoms with E-state index in [2.05, 4.69) is 15.6 Å². The molecule has 0 spiro atoms. The third-order valence-electron chi connectivity index (χ3n) is 3.84. The van der Waals surface area contributed by atoms with Crippen LogP contribution in [0, 0.1) is 13.8 Å². The highest BCUT2D eigenvalue weighted by Crippen LogP contribution is 2.27. The number of carbonyl (C=O) groups excluding carboxylic acids is 1. The monoisotopic (exact) mass is 297 g/mol. The summed E-state index contributed by atoms with van der Waals surface area (Å²) in [7, 11) is 0. The SMILES string of the molecule is Cc1nc(CNC(=O)NCC2(O)CCCCC2)sc1C. The lowest BCUT2D eigenvalue weighted by atomic mass is 9.85. The maximum atomic E-state index is 11.7. The molecule has 0 aliphatic heterocycles. The predicted molar refractivity (Wildman–Crippen MR) is 79.9 cm³/mol. The van der Waals surface area contributed by atoms with Gasteiger partial charge in [-0.15, -0.1) is 11.3 Å². The van der Waals surface area contributed by atoms with E-state index in [-0.39, 0.29) is 6.03 Å². The molecule has 1 aliphatic rings. The van der Waals surface area contributed by atoms with Crippen LogP contribution in [0.15, 0.2) is 0 Å². The summed E-state index contributed by atoms with van der Waals surface area (Å²) in [6, 6.07) is -0.241. The summed E-state index contributed by atoms with van der Waals surface area (Å²) in [6.45, 7) is 4.75. The lowest BCUT2D eigenvalue weighted by molar-refractivity contribution is 0.00719. The van der Waals surface area contributed by atoms with Crippen LogP contribution < -0.4 is 10.6 Å². The molecule has 112 valence electrons. The number of nitrogens with one attached hydrogen (secondary N) is 2. The van der Waals surface area contributed by atoms with E-state index in [1.165, 1.54) is 11.3 Å². The first-order valence-corrected chi connectivity index (χ1v) is 7.97. The number of aromatic nitrogens is 1. The minimum absolute atomic E-state index is 0.241. The lowest BCUT2D eigenvalue weighted by Gasteiger charge is -2.32. The molecule has 1 aliphatic carbocycles. The Morgan fingerprint density at radius 3 is 2.60 bits per heavy atom. The van der Waals surface area contributed by atoms with E-state index in [0.29, 0.717) is 13.1 Å². The Morgan fingerprint density at radius 2 is 2.00 bits per heavy atom. The highest BCUT2D eigenvalue weighted by atomic mass is 32.1. The normalized spacial score (nSPS) is 17.8. The molecule has 3 N–H and O–H groups in total. The van der Waals surface area contributed by atoms with E-state index in [9.17, 15) is 9.90 Å². The first-order chi connectivity index (χ1) is 9.48. The Labute approximate surface area is 123 Å². The van der Waals surface area contributed by atoms with Crippen LogP contribution in [-0.2, 0) is 6.54 Å². The first kappa shape index (κ1) is 15.3. The minimum Gasteiger partial charge on any atom is -0.388 e. The number of hydrogen-bond donors (Lipinski definition) is 3. The van der Waals surface area contributed by atoms with Crippen molar-refractivity contribution >= 4 is 17.4 Å². The Morgan fingerprint density at radius 1 is 1.30 bits per heavy atom. The first-order valence-electron chi connectivity index (χ1n) is 7.15. The largest absolute Gasteiger partial charge is 0.388 e. The molecule has 0 unspecified atom stereocenters. The highest BCUT2D eigenvalue weighted by Gasteiger charge is 2.29. The molecule has 6 heteroatoms. The van der Waals surface area contributed by atoms with Crippen LogP contribution in [0.2, 0.25) is 0 Å². The van der Waals surface area contributed by atoms with Crippen LogP contribution >= 0.6 is 11.3 Å². The van der Waals surface area contributed by atoms with Crippen molar-refractivity contribution in [2.75, 3.05) is 6.54 Å². The molecule has 0 saturated heterocycles. The average molecular weight is 297 g/mol. The summed E-state index contributed by atoms with van der Waals surface area (Å²) in [5, 5.41) is 16.7. The van der Waals surface area contributed by atoms with Gasteiger partial charge in [-0.1, -0.05) is 19.3 Å². The van der Waals surface area contributed by atoms with Crippen LogP contribution in [0.1, 0.15) is 47.7 Å². The van der Waals surface area contributed by atoms with Gasteiger partial charge in [0.25, 0.3) is 0 Å². The lowest BCUT2D eigenvalue weighted by Crippen LogP contribution is -2.47. The number of aliphatic hydroxyl groups is 1. The third kappa shape index (κ3) is 4.18. The molecule has 1 fully saturated rings. The Balaban J connectivity index is 1.72. The molecule has 5 nitrogen and oxygen atoms in total. The van der Waals surface area contributed by atoms with Crippen LogP contribution in [-0.4, -0.2) is 28.3 Å². The van der Waals surface area contributed by atoms with Crippen molar-refractivity contribution in [2.24, 2.45) is 0 Å². The van der Waals surface area contributed by atoms with Crippen LogP contribution in [0.5, 0.6) is 0 Å². The van der Waals surface area contributed by atoms with Gasteiger partial charge < -0.3 is 15.7 Å². The second-order valence-corrected chi connectivity index (χ2v) is 6.86.